The Hall–Kier alpha value is -0.550. The molecule has 24 heavy (non-hydrogen) atoms. The first-order valence-corrected chi connectivity index (χ1v) is 8.79. The number of carbonyl (C=O) groups is 1. The molecule has 0 spiro atoms. The van der Waals surface area contributed by atoms with Crippen LogP contribution in [-0.4, -0.2) is 19.0 Å². The fraction of sp³-hybridized carbons (Fsp3) is 0.588. The van der Waals surface area contributed by atoms with Crippen LogP contribution in [0.3, 0.4) is 0 Å². The predicted octanol–water partition coefficient (Wildman–Crippen LogP) is 4.76. The average Bonchev–Trinajstić information content (AvgIpc) is 2.52. The van der Waals surface area contributed by atoms with Gasteiger partial charge < -0.3 is 10.6 Å². The van der Waals surface area contributed by atoms with Crippen molar-refractivity contribution in [3.8, 4) is 0 Å². The number of hydrogen-bond donors (Lipinski definition) is 2. The standard InChI is InChI=1S/C17H23Cl2FN2O.ClH/c1-10(12-4-3-7-21-9-12)8-15(23)22-11(2)16-13(18)5-6-14(20)17(16)19;/h5-6,10-12,21H,3-4,7-9H2,1-2H3,(H,22,23);1H. The number of amides is 1. The van der Waals surface area contributed by atoms with E-state index in [9.17, 15) is 9.18 Å². The molecular weight excluding hydrogens is 374 g/mol. The van der Waals surface area contributed by atoms with Crippen LogP contribution < -0.4 is 10.6 Å². The van der Waals surface area contributed by atoms with Crippen molar-refractivity contribution in [2.24, 2.45) is 11.8 Å². The molecule has 0 aliphatic carbocycles. The Kier molecular flexibility index (Phi) is 8.78. The molecule has 7 heteroatoms. The molecule has 2 rings (SSSR count). The maximum absolute atomic E-state index is 13.6. The predicted molar refractivity (Wildman–Crippen MR) is 99.6 cm³/mol. The number of carbonyl (C=O) groups excluding carboxylic acids is 1. The minimum Gasteiger partial charge on any atom is -0.349 e. The molecule has 1 aliphatic heterocycles. The van der Waals surface area contributed by atoms with E-state index in [2.05, 4.69) is 17.6 Å². The summed E-state index contributed by atoms with van der Waals surface area (Å²) in [5, 5.41) is 6.57. The van der Waals surface area contributed by atoms with Crippen LogP contribution in [0.1, 0.15) is 44.7 Å². The van der Waals surface area contributed by atoms with Crippen LogP contribution in [0.5, 0.6) is 0 Å². The molecule has 1 aliphatic rings. The zero-order valence-corrected chi connectivity index (χ0v) is 16.2. The molecule has 3 nitrogen and oxygen atoms in total. The van der Waals surface area contributed by atoms with E-state index in [0.717, 1.165) is 25.9 Å². The molecule has 1 aromatic carbocycles. The van der Waals surface area contributed by atoms with Crippen molar-refractivity contribution in [1.82, 2.24) is 10.6 Å². The van der Waals surface area contributed by atoms with E-state index >= 15 is 0 Å². The molecule has 0 radical (unpaired) electrons. The second-order valence-corrected chi connectivity index (χ2v) is 7.12. The van der Waals surface area contributed by atoms with Gasteiger partial charge in [-0.2, -0.15) is 0 Å². The maximum atomic E-state index is 13.6. The third-order valence-electron chi connectivity index (χ3n) is 4.54. The molecule has 1 aromatic rings. The summed E-state index contributed by atoms with van der Waals surface area (Å²) in [5.41, 5.74) is 0.425. The van der Waals surface area contributed by atoms with E-state index in [1.165, 1.54) is 12.1 Å². The third-order valence-corrected chi connectivity index (χ3v) is 5.25. The highest BCUT2D eigenvalue weighted by Gasteiger charge is 2.24. The summed E-state index contributed by atoms with van der Waals surface area (Å²) in [6.07, 6.45) is 2.75. The first-order valence-electron chi connectivity index (χ1n) is 8.03. The Bertz CT molecular complexity index is 565. The lowest BCUT2D eigenvalue weighted by Gasteiger charge is -2.28. The minimum absolute atomic E-state index is 0. The van der Waals surface area contributed by atoms with E-state index in [4.69, 9.17) is 23.2 Å². The molecule has 0 saturated carbocycles. The number of halogens is 4. The van der Waals surface area contributed by atoms with E-state index in [1.807, 2.05) is 0 Å². The molecule has 1 fully saturated rings. The summed E-state index contributed by atoms with van der Waals surface area (Å²) in [5.74, 6) is 0.223. The molecule has 3 atom stereocenters. The minimum atomic E-state index is -0.534. The Labute approximate surface area is 159 Å². The van der Waals surface area contributed by atoms with Gasteiger partial charge in [0.2, 0.25) is 5.91 Å². The number of rotatable bonds is 5. The van der Waals surface area contributed by atoms with E-state index < -0.39 is 11.9 Å². The Morgan fingerprint density at radius 2 is 2.12 bits per heavy atom. The summed E-state index contributed by atoms with van der Waals surface area (Å²) in [7, 11) is 0. The van der Waals surface area contributed by atoms with Gasteiger partial charge in [-0.05, 0) is 56.8 Å². The van der Waals surface area contributed by atoms with Gasteiger partial charge in [-0.15, -0.1) is 12.4 Å². The van der Waals surface area contributed by atoms with E-state index in [1.54, 1.807) is 6.92 Å². The Morgan fingerprint density at radius 1 is 1.42 bits per heavy atom. The van der Waals surface area contributed by atoms with Gasteiger partial charge in [-0.25, -0.2) is 4.39 Å². The highest BCUT2D eigenvalue weighted by atomic mass is 35.5. The van der Waals surface area contributed by atoms with Crippen LogP contribution in [0.25, 0.3) is 0 Å². The van der Waals surface area contributed by atoms with Gasteiger partial charge in [0.1, 0.15) is 5.82 Å². The smallest absolute Gasteiger partial charge is 0.220 e. The van der Waals surface area contributed by atoms with Gasteiger partial charge in [0.25, 0.3) is 0 Å². The van der Waals surface area contributed by atoms with E-state index in [-0.39, 0.29) is 23.3 Å². The lowest BCUT2D eigenvalue weighted by atomic mass is 9.85. The van der Waals surface area contributed by atoms with Crippen molar-refractivity contribution in [3.63, 3.8) is 0 Å². The van der Waals surface area contributed by atoms with Crippen LogP contribution in [0, 0.1) is 17.7 Å². The first kappa shape index (κ1) is 21.5. The van der Waals surface area contributed by atoms with Crippen molar-refractivity contribution < 1.29 is 9.18 Å². The van der Waals surface area contributed by atoms with Crippen molar-refractivity contribution in [3.05, 3.63) is 33.6 Å². The fourth-order valence-electron chi connectivity index (χ4n) is 3.14. The second-order valence-electron chi connectivity index (χ2n) is 6.33. The first-order chi connectivity index (χ1) is 10.9. The normalized spacial score (nSPS) is 20.0. The number of hydrogen-bond acceptors (Lipinski definition) is 2. The largest absolute Gasteiger partial charge is 0.349 e. The number of piperidine rings is 1. The summed E-state index contributed by atoms with van der Waals surface area (Å²) < 4.78 is 13.6. The Balaban J connectivity index is 0.00000288. The highest BCUT2D eigenvalue weighted by Crippen LogP contribution is 2.32. The zero-order valence-electron chi connectivity index (χ0n) is 13.9. The quantitative estimate of drug-likeness (QED) is 0.703. The molecule has 0 aromatic heterocycles. The van der Waals surface area contributed by atoms with Crippen LogP contribution >= 0.6 is 35.6 Å². The van der Waals surface area contributed by atoms with Crippen LogP contribution in [-0.2, 0) is 4.79 Å². The van der Waals surface area contributed by atoms with Crippen LogP contribution in [0.2, 0.25) is 10.0 Å². The molecule has 136 valence electrons. The maximum Gasteiger partial charge on any atom is 0.220 e. The molecule has 1 heterocycles. The third kappa shape index (κ3) is 5.48. The lowest BCUT2D eigenvalue weighted by molar-refractivity contribution is -0.123. The monoisotopic (exact) mass is 396 g/mol. The van der Waals surface area contributed by atoms with Gasteiger partial charge in [-0.1, -0.05) is 30.1 Å². The Morgan fingerprint density at radius 3 is 2.75 bits per heavy atom. The second kappa shape index (κ2) is 9.81. The van der Waals surface area contributed by atoms with Gasteiger partial charge in [0, 0.05) is 17.0 Å². The molecule has 0 bridgehead atoms. The molecule has 2 N–H and O–H groups in total. The highest BCUT2D eigenvalue weighted by molar-refractivity contribution is 6.36. The van der Waals surface area contributed by atoms with Crippen molar-refractivity contribution in [2.75, 3.05) is 13.1 Å². The summed E-state index contributed by atoms with van der Waals surface area (Å²) in [4.78, 5) is 12.3. The van der Waals surface area contributed by atoms with Gasteiger partial charge in [-0.3, -0.25) is 4.79 Å². The summed E-state index contributed by atoms with van der Waals surface area (Å²) in [6.45, 7) is 5.88. The van der Waals surface area contributed by atoms with Gasteiger partial charge in [0.15, 0.2) is 0 Å². The SMILES string of the molecule is CC(NC(=O)CC(C)C1CCCNC1)c1c(Cl)ccc(F)c1Cl.Cl. The molecule has 3 unspecified atom stereocenters. The topological polar surface area (TPSA) is 41.1 Å². The molecule has 1 saturated heterocycles. The number of nitrogens with one attached hydrogen (secondary N) is 2. The summed E-state index contributed by atoms with van der Waals surface area (Å²) >= 11 is 12.1. The lowest BCUT2D eigenvalue weighted by Crippen LogP contribution is -2.36. The number of benzene rings is 1. The molecular formula is C17H24Cl3FN2O. The van der Waals surface area contributed by atoms with Gasteiger partial charge >= 0.3 is 0 Å². The van der Waals surface area contributed by atoms with Crippen LogP contribution in [0.4, 0.5) is 4.39 Å². The van der Waals surface area contributed by atoms with Crippen molar-refractivity contribution in [1.29, 1.82) is 0 Å². The van der Waals surface area contributed by atoms with Crippen molar-refractivity contribution in [2.45, 2.75) is 39.2 Å². The van der Waals surface area contributed by atoms with Gasteiger partial charge in [0.05, 0.1) is 11.1 Å². The molecule has 1 amide bonds. The fourth-order valence-corrected chi connectivity index (χ4v) is 3.83. The average molecular weight is 398 g/mol. The van der Waals surface area contributed by atoms with Crippen LogP contribution in [0.15, 0.2) is 12.1 Å². The summed E-state index contributed by atoms with van der Waals surface area (Å²) in [6, 6.07) is 2.24. The van der Waals surface area contributed by atoms with Crippen molar-refractivity contribution >= 4 is 41.5 Å². The zero-order chi connectivity index (χ0) is 17.0. The van der Waals surface area contributed by atoms with E-state index in [0.29, 0.717) is 28.8 Å².